The van der Waals surface area contributed by atoms with E-state index in [1.54, 1.807) is 24.3 Å². The molecule has 0 aliphatic heterocycles. The molecule has 0 spiro atoms. The lowest BCUT2D eigenvalue weighted by atomic mass is 10.2. The van der Waals surface area contributed by atoms with Crippen molar-refractivity contribution in [1.82, 2.24) is 15.5 Å². The number of carbonyl (C=O) groups excluding carboxylic acids is 1. The van der Waals surface area contributed by atoms with E-state index in [2.05, 4.69) is 15.5 Å². The van der Waals surface area contributed by atoms with Crippen LogP contribution in [0.3, 0.4) is 0 Å². The molecular weight excluding hydrogens is 334 g/mol. The van der Waals surface area contributed by atoms with Crippen molar-refractivity contribution in [2.24, 2.45) is 0 Å². The summed E-state index contributed by atoms with van der Waals surface area (Å²) in [5, 5.41) is 10.9. The van der Waals surface area contributed by atoms with Gasteiger partial charge >= 0.3 is 0 Å². The Hall–Kier alpha value is -3.74. The molecule has 0 bridgehead atoms. The minimum atomic E-state index is -0.535. The third-order valence-corrected chi connectivity index (χ3v) is 3.75. The second kappa shape index (κ2) is 6.64. The van der Waals surface area contributed by atoms with E-state index in [4.69, 9.17) is 8.83 Å². The minimum Gasteiger partial charge on any atom is -0.451 e. The SMILES string of the molecule is O=C(NCc1nnc(-c2ccccc2)o1)c1cc(=O)c2ccccc2o1. The third-order valence-electron chi connectivity index (χ3n) is 3.75. The Morgan fingerprint density at radius 1 is 0.962 bits per heavy atom. The van der Waals surface area contributed by atoms with Crippen LogP contribution in [0.25, 0.3) is 22.4 Å². The van der Waals surface area contributed by atoms with Gasteiger partial charge in [0.25, 0.3) is 5.91 Å². The minimum absolute atomic E-state index is 0.0230. The van der Waals surface area contributed by atoms with Crippen LogP contribution in [-0.4, -0.2) is 16.1 Å². The average molecular weight is 347 g/mol. The number of amides is 1. The van der Waals surface area contributed by atoms with Gasteiger partial charge < -0.3 is 14.2 Å². The van der Waals surface area contributed by atoms with Gasteiger partial charge in [-0.1, -0.05) is 30.3 Å². The highest BCUT2D eigenvalue weighted by Crippen LogP contribution is 2.17. The van der Waals surface area contributed by atoms with Crippen molar-refractivity contribution >= 4 is 16.9 Å². The number of hydrogen-bond acceptors (Lipinski definition) is 6. The summed E-state index contributed by atoms with van der Waals surface area (Å²) in [7, 11) is 0. The maximum absolute atomic E-state index is 12.3. The van der Waals surface area contributed by atoms with Gasteiger partial charge in [0.15, 0.2) is 11.2 Å². The summed E-state index contributed by atoms with van der Waals surface area (Å²) in [5.41, 5.74) is 0.869. The third kappa shape index (κ3) is 3.10. The zero-order valence-electron chi connectivity index (χ0n) is 13.5. The molecule has 0 radical (unpaired) electrons. The molecule has 26 heavy (non-hydrogen) atoms. The van der Waals surface area contributed by atoms with E-state index in [1.165, 1.54) is 6.07 Å². The molecule has 2 heterocycles. The summed E-state index contributed by atoms with van der Waals surface area (Å²) in [6.07, 6.45) is 0. The van der Waals surface area contributed by atoms with Gasteiger partial charge in [-0.2, -0.15) is 0 Å². The molecule has 0 aliphatic rings. The Morgan fingerprint density at radius 3 is 2.58 bits per heavy atom. The highest BCUT2D eigenvalue weighted by Gasteiger charge is 2.14. The van der Waals surface area contributed by atoms with Gasteiger partial charge in [-0.25, -0.2) is 0 Å². The van der Waals surface area contributed by atoms with Gasteiger partial charge in [-0.3, -0.25) is 9.59 Å². The van der Waals surface area contributed by atoms with Crippen molar-refractivity contribution in [3.63, 3.8) is 0 Å². The summed E-state index contributed by atoms with van der Waals surface area (Å²) in [4.78, 5) is 24.3. The first-order chi connectivity index (χ1) is 12.7. The van der Waals surface area contributed by atoms with Crippen LogP contribution in [0.2, 0.25) is 0 Å². The Balaban J connectivity index is 1.49. The molecule has 2 aromatic carbocycles. The maximum Gasteiger partial charge on any atom is 0.287 e. The Kier molecular flexibility index (Phi) is 4.03. The first-order valence-corrected chi connectivity index (χ1v) is 7.89. The van der Waals surface area contributed by atoms with Gasteiger partial charge in [0.2, 0.25) is 11.8 Å². The van der Waals surface area contributed by atoms with Crippen LogP contribution in [-0.2, 0) is 6.54 Å². The molecule has 128 valence electrons. The Labute approximate surface area is 147 Å². The van der Waals surface area contributed by atoms with E-state index in [-0.39, 0.29) is 23.6 Å². The lowest BCUT2D eigenvalue weighted by Gasteiger charge is -2.03. The lowest BCUT2D eigenvalue weighted by Crippen LogP contribution is -2.24. The number of rotatable bonds is 4. The van der Waals surface area contributed by atoms with Crippen LogP contribution in [0.1, 0.15) is 16.4 Å². The first-order valence-electron chi connectivity index (χ1n) is 7.89. The van der Waals surface area contributed by atoms with Crippen LogP contribution in [0, 0.1) is 0 Å². The fourth-order valence-electron chi connectivity index (χ4n) is 2.48. The zero-order chi connectivity index (χ0) is 17.9. The molecule has 0 saturated carbocycles. The molecular formula is C19H13N3O4. The smallest absolute Gasteiger partial charge is 0.287 e. The largest absolute Gasteiger partial charge is 0.451 e. The normalized spacial score (nSPS) is 10.8. The van der Waals surface area contributed by atoms with E-state index in [9.17, 15) is 9.59 Å². The maximum atomic E-state index is 12.3. The van der Waals surface area contributed by atoms with E-state index >= 15 is 0 Å². The number of nitrogens with one attached hydrogen (secondary N) is 1. The summed E-state index contributed by atoms with van der Waals surface area (Å²) >= 11 is 0. The van der Waals surface area contributed by atoms with Crippen LogP contribution < -0.4 is 10.7 Å². The van der Waals surface area contributed by atoms with Crippen molar-refractivity contribution in [3.05, 3.63) is 82.5 Å². The van der Waals surface area contributed by atoms with Crippen LogP contribution in [0.4, 0.5) is 0 Å². The fourth-order valence-corrected chi connectivity index (χ4v) is 2.48. The van der Waals surface area contributed by atoms with E-state index in [0.29, 0.717) is 16.9 Å². The average Bonchev–Trinajstić information content (AvgIpc) is 3.16. The summed E-state index contributed by atoms with van der Waals surface area (Å²) in [6.45, 7) is 0.0230. The van der Waals surface area contributed by atoms with Gasteiger partial charge in [-0.05, 0) is 24.3 Å². The van der Waals surface area contributed by atoms with Crippen LogP contribution in [0.15, 0.2) is 74.3 Å². The second-order valence-corrected chi connectivity index (χ2v) is 5.52. The van der Waals surface area contributed by atoms with Crippen molar-refractivity contribution in [1.29, 1.82) is 0 Å². The van der Waals surface area contributed by atoms with E-state index in [1.807, 2.05) is 30.3 Å². The number of nitrogens with zero attached hydrogens (tertiary/aromatic N) is 2. The Bertz CT molecular complexity index is 1130. The highest BCUT2D eigenvalue weighted by molar-refractivity contribution is 5.93. The molecule has 1 amide bonds. The number of hydrogen-bond donors (Lipinski definition) is 1. The predicted octanol–water partition coefficient (Wildman–Crippen LogP) is 2.77. The van der Waals surface area contributed by atoms with E-state index < -0.39 is 5.91 Å². The molecule has 0 saturated heterocycles. The van der Waals surface area contributed by atoms with Gasteiger partial charge in [0, 0.05) is 11.6 Å². The molecule has 0 unspecified atom stereocenters. The molecule has 2 aromatic heterocycles. The van der Waals surface area contributed by atoms with Crippen molar-refractivity contribution < 1.29 is 13.6 Å². The van der Waals surface area contributed by atoms with Crippen LogP contribution in [0.5, 0.6) is 0 Å². The Morgan fingerprint density at radius 2 is 1.73 bits per heavy atom. The number of carbonyl (C=O) groups is 1. The number of para-hydroxylation sites is 1. The standard InChI is InChI=1S/C19H13N3O4/c23-14-10-16(25-15-9-5-4-8-13(14)15)18(24)20-11-17-21-22-19(26-17)12-6-2-1-3-7-12/h1-10H,11H2,(H,20,24). The van der Waals surface area contributed by atoms with Crippen LogP contribution >= 0.6 is 0 Å². The molecule has 0 aliphatic carbocycles. The molecule has 1 N–H and O–H groups in total. The van der Waals surface area contributed by atoms with E-state index in [0.717, 1.165) is 5.56 Å². The van der Waals surface area contributed by atoms with Gasteiger partial charge in [-0.15, -0.1) is 10.2 Å². The molecule has 0 fully saturated rings. The fraction of sp³-hybridized carbons (Fsp3) is 0.0526. The lowest BCUT2D eigenvalue weighted by molar-refractivity contribution is 0.0920. The summed E-state index contributed by atoms with van der Waals surface area (Å²) in [6, 6.07) is 17.2. The topological polar surface area (TPSA) is 98.2 Å². The van der Waals surface area contributed by atoms with Crippen molar-refractivity contribution in [2.75, 3.05) is 0 Å². The zero-order valence-corrected chi connectivity index (χ0v) is 13.5. The molecule has 4 rings (SSSR count). The summed E-state index contributed by atoms with van der Waals surface area (Å²) in [5.74, 6) is 0.0104. The van der Waals surface area contributed by atoms with Crippen molar-refractivity contribution in [2.45, 2.75) is 6.54 Å². The molecule has 4 aromatic rings. The first kappa shape index (κ1) is 15.8. The highest BCUT2D eigenvalue weighted by atomic mass is 16.4. The van der Waals surface area contributed by atoms with Crippen molar-refractivity contribution in [3.8, 4) is 11.5 Å². The van der Waals surface area contributed by atoms with Gasteiger partial charge in [0.1, 0.15) is 5.58 Å². The molecule has 0 atom stereocenters. The monoisotopic (exact) mass is 347 g/mol. The summed E-state index contributed by atoms with van der Waals surface area (Å²) < 4.78 is 11.0. The number of benzene rings is 2. The number of fused-ring (bicyclic) bond motifs is 1. The predicted molar refractivity (Wildman–Crippen MR) is 93.4 cm³/mol. The second-order valence-electron chi connectivity index (χ2n) is 5.52. The molecule has 7 heteroatoms. The van der Waals surface area contributed by atoms with Gasteiger partial charge in [0.05, 0.1) is 11.9 Å². The quantitative estimate of drug-likeness (QED) is 0.609. The number of aromatic nitrogens is 2. The molecule has 7 nitrogen and oxygen atoms in total.